The number of aromatic nitrogens is 2. The number of amides is 1. The highest BCUT2D eigenvalue weighted by Gasteiger charge is 2.30. The maximum absolute atomic E-state index is 13.6. The predicted octanol–water partition coefficient (Wildman–Crippen LogP) is 3.07. The van der Waals surface area contributed by atoms with Gasteiger partial charge in [0, 0.05) is 17.7 Å². The summed E-state index contributed by atoms with van der Waals surface area (Å²) in [5.74, 6) is 0.0772. The number of hydrogen-bond acceptors (Lipinski definition) is 2. The molecule has 0 radical (unpaired) electrons. The van der Waals surface area contributed by atoms with Crippen LogP contribution in [0.3, 0.4) is 0 Å². The second-order valence-electron chi connectivity index (χ2n) is 4.88. The van der Waals surface area contributed by atoms with Gasteiger partial charge in [-0.25, -0.2) is 4.39 Å². The molecule has 1 N–H and O–H groups in total. The van der Waals surface area contributed by atoms with Gasteiger partial charge in [-0.2, -0.15) is 5.10 Å². The van der Waals surface area contributed by atoms with Gasteiger partial charge in [0.1, 0.15) is 10.8 Å². The Bertz CT molecular complexity index is 652. The topological polar surface area (TPSA) is 46.9 Å². The zero-order chi connectivity index (χ0) is 14.1. The summed E-state index contributed by atoms with van der Waals surface area (Å²) in [7, 11) is 0. The molecule has 1 fully saturated rings. The van der Waals surface area contributed by atoms with Crippen molar-refractivity contribution < 1.29 is 9.18 Å². The van der Waals surface area contributed by atoms with Crippen LogP contribution in [0.1, 0.15) is 18.4 Å². The third kappa shape index (κ3) is 2.82. The molecule has 1 aromatic heterocycles. The summed E-state index contributed by atoms with van der Waals surface area (Å²) in [6, 6.07) is 6.49. The number of nitrogens with zero attached hydrogens (tertiary/aromatic N) is 2. The van der Waals surface area contributed by atoms with Crippen molar-refractivity contribution in [3.05, 3.63) is 46.9 Å². The molecule has 1 aromatic carbocycles. The molecule has 1 aliphatic rings. The van der Waals surface area contributed by atoms with Crippen LogP contribution in [-0.4, -0.2) is 15.7 Å². The van der Waals surface area contributed by atoms with Crippen molar-refractivity contribution >= 4 is 23.3 Å². The molecular weight excluding hydrogens is 281 g/mol. The van der Waals surface area contributed by atoms with Crippen LogP contribution in [0.25, 0.3) is 0 Å². The van der Waals surface area contributed by atoms with Crippen molar-refractivity contribution in [2.75, 3.05) is 5.32 Å². The van der Waals surface area contributed by atoms with Crippen molar-refractivity contribution in [1.29, 1.82) is 0 Å². The molecule has 1 heterocycles. The molecular formula is C14H13ClFN3O. The Morgan fingerprint density at radius 1 is 1.45 bits per heavy atom. The van der Waals surface area contributed by atoms with Crippen LogP contribution in [0.15, 0.2) is 30.5 Å². The van der Waals surface area contributed by atoms with Gasteiger partial charge in [0.2, 0.25) is 5.91 Å². The van der Waals surface area contributed by atoms with Gasteiger partial charge < -0.3 is 5.32 Å². The van der Waals surface area contributed by atoms with Crippen molar-refractivity contribution in [2.45, 2.75) is 19.4 Å². The summed E-state index contributed by atoms with van der Waals surface area (Å²) < 4.78 is 15.1. The highest BCUT2D eigenvalue weighted by molar-refractivity contribution is 6.33. The lowest BCUT2D eigenvalue weighted by Crippen LogP contribution is -2.14. The first-order valence-corrected chi connectivity index (χ1v) is 6.78. The van der Waals surface area contributed by atoms with Crippen LogP contribution < -0.4 is 5.32 Å². The SMILES string of the molecule is O=C(Nc1nn(Cc2ccccc2F)cc1Cl)C1CC1. The van der Waals surface area contributed by atoms with Gasteiger partial charge in [-0.3, -0.25) is 9.48 Å². The molecule has 0 unspecified atom stereocenters. The second kappa shape index (κ2) is 5.25. The van der Waals surface area contributed by atoms with Gasteiger partial charge in [-0.1, -0.05) is 29.8 Å². The molecule has 0 bridgehead atoms. The lowest BCUT2D eigenvalue weighted by molar-refractivity contribution is -0.117. The van der Waals surface area contributed by atoms with Crippen molar-refractivity contribution in [3.63, 3.8) is 0 Å². The highest BCUT2D eigenvalue weighted by Crippen LogP contribution is 2.31. The molecule has 1 saturated carbocycles. The number of halogens is 2. The van der Waals surface area contributed by atoms with Crippen LogP contribution in [0.2, 0.25) is 5.02 Å². The fourth-order valence-electron chi connectivity index (χ4n) is 1.93. The fourth-order valence-corrected chi connectivity index (χ4v) is 2.13. The summed E-state index contributed by atoms with van der Waals surface area (Å²) >= 11 is 6.03. The average molecular weight is 294 g/mol. The number of nitrogens with one attached hydrogen (secondary N) is 1. The summed E-state index contributed by atoms with van der Waals surface area (Å²) in [5.41, 5.74) is 0.520. The molecule has 1 amide bonds. The molecule has 3 rings (SSSR count). The van der Waals surface area contributed by atoms with Gasteiger partial charge in [-0.05, 0) is 18.9 Å². The lowest BCUT2D eigenvalue weighted by Gasteiger charge is -2.03. The quantitative estimate of drug-likeness (QED) is 0.942. The minimum atomic E-state index is -0.289. The van der Waals surface area contributed by atoms with Gasteiger partial charge >= 0.3 is 0 Å². The first kappa shape index (κ1) is 13.1. The minimum absolute atomic E-state index is 0.0527. The maximum Gasteiger partial charge on any atom is 0.228 e. The third-order valence-electron chi connectivity index (χ3n) is 3.20. The summed E-state index contributed by atoms with van der Waals surface area (Å²) in [6.07, 6.45) is 3.41. The van der Waals surface area contributed by atoms with E-state index in [4.69, 9.17) is 11.6 Å². The van der Waals surface area contributed by atoms with Crippen molar-refractivity contribution in [2.24, 2.45) is 5.92 Å². The van der Waals surface area contributed by atoms with Crippen LogP contribution in [-0.2, 0) is 11.3 Å². The molecule has 20 heavy (non-hydrogen) atoms. The number of carbonyl (C=O) groups is 1. The molecule has 0 aliphatic heterocycles. The summed E-state index contributed by atoms with van der Waals surface area (Å²) in [6.45, 7) is 0.270. The van der Waals surface area contributed by atoms with E-state index in [-0.39, 0.29) is 24.2 Å². The van der Waals surface area contributed by atoms with E-state index in [2.05, 4.69) is 10.4 Å². The first-order chi connectivity index (χ1) is 9.63. The van der Waals surface area contributed by atoms with E-state index in [0.29, 0.717) is 16.4 Å². The Hall–Kier alpha value is -1.88. The maximum atomic E-state index is 13.6. The number of carbonyl (C=O) groups excluding carboxylic acids is 1. The Morgan fingerprint density at radius 2 is 2.20 bits per heavy atom. The van der Waals surface area contributed by atoms with Gasteiger partial charge in [-0.15, -0.1) is 0 Å². The van der Waals surface area contributed by atoms with Gasteiger partial charge in [0.25, 0.3) is 0 Å². The monoisotopic (exact) mass is 293 g/mol. The summed E-state index contributed by atoms with van der Waals surface area (Å²) in [4.78, 5) is 11.7. The van der Waals surface area contributed by atoms with Crippen LogP contribution in [0.4, 0.5) is 10.2 Å². The number of anilines is 1. The van der Waals surface area contributed by atoms with Crippen molar-refractivity contribution in [3.8, 4) is 0 Å². The molecule has 4 nitrogen and oxygen atoms in total. The van der Waals surface area contributed by atoms with Crippen LogP contribution in [0, 0.1) is 11.7 Å². The van der Waals surface area contributed by atoms with Crippen LogP contribution >= 0.6 is 11.6 Å². The number of benzene rings is 1. The van der Waals surface area contributed by atoms with Crippen LogP contribution in [0.5, 0.6) is 0 Å². The largest absolute Gasteiger partial charge is 0.308 e. The molecule has 6 heteroatoms. The van der Waals surface area contributed by atoms with Gasteiger partial charge in [0.05, 0.1) is 6.54 Å². The molecule has 1 aliphatic carbocycles. The smallest absolute Gasteiger partial charge is 0.228 e. The first-order valence-electron chi connectivity index (χ1n) is 6.40. The highest BCUT2D eigenvalue weighted by atomic mass is 35.5. The Balaban J connectivity index is 1.75. The van der Waals surface area contributed by atoms with E-state index in [1.165, 1.54) is 10.7 Å². The zero-order valence-corrected chi connectivity index (χ0v) is 11.4. The molecule has 2 aromatic rings. The fraction of sp³-hybridized carbons (Fsp3) is 0.286. The van der Waals surface area contributed by atoms with E-state index in [0.717, 1.165) is 12.8 Å². The van der Waals surface area contributed by atoms with Gasteiger partial charge in [0.15, 0.2) is 5.82 Å². The predicted molar refractivity (Wildman–Crippen MR) is 74.1 cm³/mol. The van der Waals surface area contributed by atoms with E-state index in [1.54, 1.807) is 24.4 Å². The Kier molecular flexibility index (Phi) is 3.44. The van der Waals surface area contributed by atoms with E-state index in [9.17, 15) is 9.18 Å². The minimum Gasteiger partial charge on any atom is -0.308 e. The Labute approximate surface area is 120 Å². The average Bonchev–Trinajstić information content (AvgIpc) is 3.20. The molecule has 0 saturated heterocycles. The van der Waals surface area contributed by atoms with Crippen molar-refractivity contribution in [1.82, 2.24) is 9.78 Å². The Morgan fingerprint density at radius 3 is 2.90 bits per heavy atom. The third-order valence-corrected chi connectivity index (χ3v) is 3.47. The van der Waals surface area contributed by atoms with E-state index >= 15 is 0 Å². The number of hydrogen-bond donors (Lipinski definition) is 1. The molecule has 104 valence electrons. The second-order valence-corrected chi connectivity index (χ2v) is 5.29. The zero-order valence-electron chi connectivity index (χ0n) is 10.6. The van der Waals surface area contributed by atoms with E-state index < -0.39 is 0 Å². The molecule has 0 spiro atoms. The normalized spacial score (nSPS) is 14.3. The molecule has 0 atom stereocenters. The summed E-state index contributed by atoms with van der Waals surface area (Å²) in [5, 5.41) is 7.24. The van der Waals surface area contributed by atoms with E-state index in [1.807, 2.05) is 0 Å². The standard InChI is InChI=1S/C14H13ClFN3O/c15-11-8-19(7-10-3-1-2-4-12(10)16)18-13(11)17-14(20)9-5-6-9/h1-4,8-9H,5-7H2,(H,17,18,20). The number of rotatable bonds is 4. The lowest BCUT2D eigenvalue weighted by atomic mass is 10.2.